The number of esters is 1. The number of carbonyl (C=O) groups is 1. The summed E-state index contributed by atoms with van der Waals surface area (Å²) in [5.41, 5.74) is 0.876. The van der Waals surface area contributed by atoms with Crippen LogP contribution in [0.5, 0.6) is 0 Å². The lowest BCUT2D eigenvalue weighted by Gasteiger charge is -2.16. The summed E-state index contributed by atoms with van der Waals surface area (Å²) in [4.78, 5) is 12.9. The highest BCUT2D eigenvalue weighted by Crippen LogP contribution is 2.32. The zero-order valence-electron chi connectivity index (χ0n) is 10.7. The van der Waals surface area contributed by atoms with Crippen LogP contribution < -0.4 is 5.32 Å². The first-order chi connectivity index (χ1) is 9.61. The molecule has 0 spiro atoms. The number of carbonyl (C=O) groups excluding carboxylic acids is 1. The fourth-order valence-electron chi connectivity index (χ4n) is 1.78. The van der Waals surface area contributed by atoms with Gasteiger partial charge in [0, 0.05) is 15.9 Å². The fraction of sp³-hybridized carbons (Fsp3) is 0.214. The van der Waals surface area contributed by atoms with Crippen molar-refractivity contribution < 1.29 is 9.53 Å². The van der Waals surface area contributed by atoms with Crippen LogP contribution in [0.1, 0.15) is 16.5 Å². The van der Waals surface area contributed by atoms with Gasteiger partial charge in [-0.1, -0.05) is 41.9 Å². The maximum atomic E-state index is 11.9. The predicted octanol–water partition coefficient (Wildman–Crippen LogP) is 4.17. The van der Waals surface area contributed by atoms with Gasteiger partial charge in [-0.15, -0.1) is 11.3 Å². The van der Waals surface area contributed by atoms with Crippen molar-refractivity contribution >= 4 is 44.8 Å². The first-order valence-electron chi connectivity index (χ1n) is 5.91. The number of hydrogen-bond acceptors (Lipinski definition) is 4. The van der Waals surface area contributed by atoms with Gasteiger partial charge in [0.15, 0.2) is 0 Å². The third-order valence-corrected chi connectivity index (χ3v) is 5.22. The van der Waals surface area contributed by atoms with Crippen LogP contribution in [0.15, 0.2) is 40.9 Å². The Morgan fingerprint density at radius 2 is 2.15 bits per heavy atom. The van der Waals surface area contributed by atoms with E-state index < -0.39 is 6.04 Å². The molecule has 1 aromatic heterocycles. The van der Waals surface area contributed by atoms with Gasteiger partial charge in [-0.3, -0.25) is 5.32 Å². The van der Waals surface area contributed by atoms with E-state index in [0.29, 0.717) is 10.9 Å². The molecule has 0 saturated heterocycles. The van der Waals surface area contributed by atoms with Crippen molar-refractivity contribution in [2.24, 2.45) is 0 Å². The summed E-state index contributed by atoms with van der Waals surface area (Å²) in [5.74, 6) is -0.307. The van der Waals surface area contributed by atoms with Crippen LogP contribution in [0.2, 0.25) is 4.34 Å². The standard InChI is InChI=1S/C14H13BrClNO2S/c1-19-14(18)12(9-5-3-2-4-6-9)17-8-10-7-11(15)13(16)20-10/h2-7,12,17H,8H2,1H3. The molecular weight excluding hydrogens is 362 g/mol. The maximum absolute atomic E-state index is 11.9. The Balaban J connectivity index is 2.11. The average molecular weight is 375 g/mol. The topological polar surface area (TPSA) is 38.3 Å². The summed E-state index contributed by atoms with van der Waals surface area (Å²) in [6.07, 6.45) is 0. The lowest BCUT2D eigenvalue weighted by molar-refractivity contribution is -0.143. The summed E-state index contributed by atoms with van der Waals surface area (Å²) in [6, 6.07) is 10.9. The second-order valence-electron chi connectivity index (χ2n) is 4.08. The van der Waals surface area contributed by atoms with E-state index in [1.807, 2.05) is 36.4 Å². The average Bonchev–Trinajstić information content (AvgIpc) is 2.78. The van der Waals surface area contributed by atoms with E-state index in [9.17, 15) is 4.79 Å². The molecule has 0 amide bonds. The number of thiophene rings is 1. The molecule has 2 aromatic rings. The number of halogens is 2. The molecule has 106 valence electrons. The van der Waals surface area contributed by atoms with E-state index in [0.717, 1.165) is 14.9 Å². The Kier molecular flexibility index (Phi) is 5.60. The van der Waals surface area contributed by atoms with Crippen LogP contribution in [0, 0.1) is 0 Å². The van der Waals surface area contributed by atoms with Crippen LogP contribution in [-0.2, 0) is 16.1 Å². The van der Waals surface area contributed by atoms with Crippen molar-refractivity contribution in [1.29, 1.82) is 0 Å². The van der Waals surface area contributed by atoms with Crippen LogP contribution in [-0.4, -0.2) is 13.1 Å². The highest BCUT2D eigenvalue weighted by molar-refractivity contribution is 9.10. The molecule has 0 fully saturated rings. The number of benzene rings is 1. The second-order valence-corrected chi connectivity index (χ2v) is 6.68. The van der Waals surface area contributed by atoms with Crippen molar-refractivity contribution in [1.82, 2.24) is 5.32 Å². The summed E-state index contributed by atoms with van der Waals surface area (Å²) in [5, 5.41) is 3.20. The highest BCUT2D eigenvalue weighted by atomic mass is 79.9. The van der Waals surface area contributed by atoms with Gasteiger partial charge >= 0.3 is 5.97 Å². The molecule has 1 atom stereocenters. The molecule has 0 aliphatic heterocycles. The minimum absolute atomic E-state index is 0.307. The van der Waals surface area contributed by atoms with Crippen molar-refractivity contribution in [3.05, 3.63) is 55.6 Å². The zero-order valence-corrected chi connectivity index (χ0v) is 13.9. The molecule has 0 aliphatic rings. The molecule has 0 saturated carbocycles. The molecule has 0 bridgehead atoms. The monoisotopic (exact) mass is 373 g/mol. The molecule has 1 N–H and O–H groups in total. The lowest BCUT2D eigenvalue weighted by Crippen LogP contribution is -2.29. The highest BCUT2D eigenvalue weighted by Gasteiger charge is 2.20. The minimum atomic E-state index is -0.485. The van der Waals surface area contributed by atoms with E-state index in [2.05, 4.69) is 21.2 Å². The molecule has 0 radical (unpaired) electrons. The van der Waals surface area contributed by atoms with Gasteiger partial charge in [0.2, 0.25) is 0 Å². The molecule has 1 heterocycles. The summed E-state index contributed by atoms with van der Waals surface area (Å²) in [7, 11) is 1.39. The molecule has 3 nitrogen and oxygen atoms in total. The van der Waals surface area contributed by atoms with Gasteiger partial charge in [-0.2, -0.15) is 0 Å². The van der Waals surface area contributed by atoms with Crippen LogP contribution in [0.4, 0.5) is 0 Å². The van der Waals surface area contributed by atoms with Gasteiger partial charge in [-0.05, 0) is 27.6 Å². The van der Waals surface area contributed by atoms with Crippen LogP contribution >= 0.6 is 38.9 Å². The number of nitrogens with one attached hydrogen (secondary N) is 1. The van der Waals surface area contributed by atoms with E-state index in [1.165, 1.54) is 18.4 Å². The summed E-state index contributed by atoms with van der Waals surface area (Å²) in [6.45, 7) is 0.546. The fourth-order valence-corrected chi connectivity index (χ4v) is 3.52. The predicted molar refractivity (Wildman–Crippen MR) is 85.1 cm³/mol. The summed E-state index contributed by atoms with van der Waals surface area (Å²) < 4.78 is 6.43. The van der Waals surface area contributed by atoms with Crippen molar-refractivity contribution in [2.75, 3.05) is 7.11 Å². The first kappa shape index (κ1) is 15.5. The molecule has 20 heavy (non-hydrogen) atoms. The second kappa shape index (κ2) is 7.22. The lowest BCUT2D eigenvalue weighted by atomic mass is 10.1. The number of hydrogen-bond donors (Lipinski definition) is 1. The van der Waals surface area contributed by atoms with E-state index >= 15 is 0 Å². The maximum Gasteiger partial charge on any atom is 0.327 e. The molecular formula is C14H13BrClNO2S. The van der Waals surface area contributed by atoms with Crippen molar-refractivity contribution in [3.63, 3.8) is 0 Å². The van der Waals surface area contributed by atoms with E-state index in [-0.39, 0.29) is 5.97 Å². The Bertz CT molecular complexity index is 569. The van der Waals surface area contributed by atoms with E-state index in [4.69, 9.17) is 16.3 Å². The van der Waals surface area contributed by atoms with Gasteiger partial charge in [0.25, 0.3) is 0 Å². The molecule has 1 aromatic carbocycles. The largest absolute Gasteiger partial charge is 0.468 e. The molecule has 6 heteroatoms. The smallest absolute Gasteiger partial charge is 0.327 e. The molecule has 1 unspecified atom stereocenters. The van der Waals surface area contributed by atoms with Gasteiger partial charge in [0.05, 0.1) is 7.11 Å². The summed E-state index contributed by atoms with van der Waals surface area (Å²) >= 11 is 10.8. The van der Waals surface area contributed by atoms with Crippen LogP contribution in [0.25, 0.3) is 0 Å². The third-order valence-electron chi connectivity index (χ3n) is 2.75. The Morgan fingerprint density at radius 3 is 2.70 bits per heavy atom. The quantitative estimate of drug-likeness (QED) is 0.798. The third kappa shape index (κ3) is 3.82. The van der Waals surface area contributed by atoms with Gasteiger partial charge < -0.3 is 4.74 Å². The minimum Gasteiger partial charge on any atom is -0.468 e. The normalized spacial score (nSPS) is 12.2. The first-order valence-corrected chi connectivity index (χ1v) is 7.90. The van der Waals surface area contributed by atoms with Gasteiger partial charge in [0.1, 0.15) is 10.4 Å². The van der Waals surface area contributed by atoms with Gasteiger partial charge in [-0.25, -0.2) is 4.79 Å². The van der Waals surface area contributed by atoms with Crippen molar-refractivity contribution in [3.8, 4) is 0 Å². The number of ether oxygens (including phenoxy) is 1. The van der Waals surface area contributed by atoms with Crippen LogP contribution in [0.3, 0.4) is 0 Å². The SMILES string of the molecule is COC(=O)C(NCc1cc(Br)c(Cl)s1)c1ccccc1. The number of methoxy groups -OCH3 is 1. The Morgan fingerprint density at radius 1 is 1.45 bits per heavy atom. The zero-order chi connectivity index (χ0) is 14.5. The number of rotatable bonds is 5. The van der Waals surface area contributed by atoms with E-state index in [1.54, 1.807) is 0 Å². The van der Waals surface area contributed by atoms with Crippen molar-refractivity contribution in [2.45, 2.75) is 12.6 Å². The Hall–Kier alpha value is -0.880. The molecule has 0 aliphatic carbocycles. The molecule has 2 rings (SSSR count). The Labute approximate surface area is 135 Å².